The predicted octanol–water partition coefficient (Wildman–Crippen LogP) is 10.6. The van der Waals surface area contributed by atoms with Gasteiger partial charge in [0.25, 0.3) is 0 Å². The number of rotatable bonds is 24. The van der Waals surface area contributed by atoms with Gasteiger partial charge in [-0.15, -0.1) is 0 Å². The Bertz CT molecular complexity index is 856. The highest BCUT2D eigenvalue weighted by Gasteiger charge is 2.12. The van der Waals surface area contributed by atoms with Gasteiger partial charge in [0.05, 0.1) is 23.8 Å². The maximum absolute atomic E-state index is 3.78. The quantitative estimate of drug-likeness (QED) is 0.0802. The third-order valence-electron chi connectivity index (χ3n) is 7.47. The summed E-state index contributed by atoms with van der Waals surface area (Å²) in [4.78, 5) is 0. The molecule has 2 N–H and O–H groups in total. The minimum absolute atomic E-state index is 0.178. The minimum Gasteiger partial charge on any atom is -0.310 e. The van der Waals surface area contributed by atoms with Crippen molar-refractivity contribution in [3.05, 3.63) is 90.0 Å². The highest BCUT2D eigenvalue weighted by atomic mass is 14.9. The molecule has 2 nitrogen and oxygen atoms in total. The standard InChI is InChI=1S/C37H57N2/c1-3-5-7-9-11-13-15-23-32-38-36(34-26-19-17-20-27-34)30-25-31-37(35-28-21-18-22-29-35)39-33-24-16-14-12-10-8-6-4-2/h17-22,26-31,36,38-39H,3-16,23-24,32-33H2,1-2H3/q+1/b37-31+. The second kappa shape index (κ2) is 23.5. The van der Waals surface area contributed by atoms with Crippen LogP contribution >= 0.6 is 0 Å². The number of unbranched alkanes of at least 4 members (excludes halogenated alkanes) is 14. The molecule has 0 aliphatic rings. The summed E-state index contributed by atoms with van der Waals surface area (Å²) in [6.45, 7) is 6.62. The molecule has 2 aromatic rings. The predicted molar refractivity (Wildman–Crippen MR) is 173 cm³/mol. The summed E-state index contributed by atoms with van der Waals surface area (Å²) in [6.07, 6.45) is 29.4. The molecule has 0 aliphatic carbocycles. The van der Waals surface area contributed by atoms with Crippen LogP contribution in [0.2, 0.25) is 0 Å². The van der Waals surface area contributed by atoms with Crippen molar-refractivity contribution in [1.29, 1.82) is 0 Å². The molecule has 214 valence electrons. The fraction of sp³-hybridized carbons (Fsp3) is 0.568. The molecule has 0 amide bonds. The molecule has 0 heterocycles. The zero-order valence-corrected chi connectivity index (χ0v) is 25.2. The molecule has 0 aromatic heterocycles. The summed E-state index contributed by atoms with van der Waals surface area (Å²) >= 11 is 0. The number of hydrogen-bond donors (Lipinski definition) is 2. The fourth-order valence-electron chi connectivity index (χ4n) is 5.01. The number of nitrogens with one attached hydrogen (secondary N) is 2. The normalized spacial score (nSPS) is 12.5. The van der Waals surface area contributed by atoms with Gasteiger partial charge in [-0.05, 0) is 37.1 Å². The van der Waals surface area contributed by atoms with Crippen molar-refractivity contribution in [1.82, 2.24) is 10.6 Å². The molecule has 0 fully saturated rings. The number of hydrogen-bond acceptors (Lipinski definition) is 2. The van der Waals surface area contributed by atoms with Crippen molar-refractivity contribution < 1.29 is 0 Å². The average molecular weight is 530 g/mol. The van der Waals surface area contributed by atoms with E-state index >= 15 is 0 Å². The Morgan fingerprint density at radius 2 is 1.10 bits per heavy atom. The van der Waals surface area contributed by atoms with Gasteiger partial charge in [0, 0.05) is 6.54 Å². The van der Waals surface area contributed by atoms with Crippen LogP contribution in [0.3, 0.4) is 0 Å². The topological polar surface area (TPSA) is 24.1 Å². The van der Waals surface area contributed by atoms with Gasteiger partial charge in [0.1, 0.15) is 0 Å². The molecular weight excluding hydrogens is 472 g/mol. The van der Waals surface area contributed by atoms with Gasteiger partial charge in [-0.2, -0.15) is 0 Å². The first-order valence-electron chi connectivity index (χ1n) is 16.2. The summed E-state index contributed by atoms with van der Waals surface area (Å²) in [7, 11) is 0. The molecule has 0 spiro atoms. The summed E-state index contributed by atoms with van der Waals surface area (Å²) in [5.41, 5.74) is 3.68. The smallest absolute Gasteiger partial charge is 0.185 e. The van der Waals surface area contributed by atoms with Crippen LogP contribution in [0, 0.1) is 6.08 Å². The first-order chi connectivity index (χ1) is 19.3. The summed E-state index contributed by atoms with van der Waals surface area (Å²) in [5, 5.41) is 7.48. The highest BCUT2D eigenvalue weighted by molar-refractivity contribution is 5.64. The SMILES string of the molecule is CCCCCCCCCCN/C(=C/[C+]=CC(NCCCCCCCCCC)c1ccccc1)c1ccccc1. The second-order valence-electron chi connectivity index (χ2n) is 11.0. The van der Waals surface area contributed by atoms with Gasteiger partial charge in [0.15, 0.2) is 11.8 Å². The van der Waals surface area contributed by atoms with Gasteiger partial charge in [-0.25, -0.2) is 0 Å². The summed E-state index contributed by atoms with van der Waals surface area (Å²) < 4.78 is 0. The Morgan fingerprint density at radius 3 is 1.67 bits per heavy atom. The molecule has 2 heteroatoms. The molecule has 1 atom stereocenters. The van der Waals surface area contributed by atoms with Crippen LogP contribution in [-0.2, 0) is 0 Å². The largest absolute Gasteiger partial charge is 0.310 e. The van der Waals surface area contributed by atoms with Crippen LogP contribution in [0.5, 0.6) is 0 Å². The van der Waals surface area contributed by atoms with Crippen LogP contribution in [0.15, 0.2) is 72.8 Å². The Balaban J connectivity index is 1.87. The lowest BCUT2D eigenvalue weighted by Crippen LogP contribution is -2.21. The summed E-state index contributed by atoms with van der Waals surface area (Å²) in [5.74, 6) is 0. The Hall–Kier alpha value is -2.41. The fourth-order valence-corrected chi connectivity index (χ4v) is 5.01. The first kappa shape index (κ1) is 32.8. The zero-order chi connectivity index (χ0) is 27.6. The monoisotopic (exact) mass is 529 g/mol. The van der Waals surface area contributed by atoms with Gasteiger partial charge in [0.2, 0.25) is 0 Å². The van der Waals surface area contributed by atoms with E-state index in [-0.39, 0.29) is 6.04 Å². The van der Waals surface area contributed by atoms with Gasteiger partial charge >= 0.3 is 0 Å². The van der Waals surface area contributed by atoms with E-state index in [1.807, 2.05) is 0 Å². The van der Waals surface area contributed by atoms with Crippen LogP contribution in [-0.4, -0.2) is 13.1 Å². The van der Waals surface area contributed by atoms with E-state index in [2.05, 4.69) is 103 Å². The van der Waals surface area contributed by atoms with E-state index < -0.39 is 0 Å². The van der Waals surface area contributed by atoms with Crippen molar-refractivity contribution in [3.8, 4) is 0 Å². The van der Waals surface area contributed by atoms with Crippen LogP contribution in [0.1, 0.15) is 134 Å². The Labute approximate surface area is 241 Å². The van der Waals surface area contributed by atoms with Gasteiger partial charge in [-0.3, -0.25) is 0 Å². The lowest BCUT2D eigenvalue weighted by molar-refractivity contribution is 0.539. The van der Waals surface area contributed by atoms with E-state index in [0.29, 0.717) is 0 Å². The van der Waals surface area contributed by atoms with E-state index in [1.54, 1.807) is 0 Å². The molecule has 2 rings (SSSR count). The third-order valence-corrected chi connectivity index (χ3v) is 7.47. The maximum atomic E-state index is 3.78. The second-order valence-corrected chi connectivity index (χ2v) is 11.0. The number of allylic oxidation sites excluding steroid dienone is 2. The van der Waals surface area contributed by atoms with Crippen molar-refractivity contribution in [2.24, 2.45) is 0 Å². The lowest BCUT2D eigenvalue weighted by atomic mass is 10.0. The molecule has 0 saturated carbocycles. The molecule has 1 unspecified atom stereocenters. The minimum atomic E-state index is 0.178. The Morgan fingerprint density at radius 1 is 0.615 bits per heavy atom. The van der Waals surface area contributed by atoms with Crippen LogP contribution in [0.25, 0.3) is 5.70 Å². The van der Waals surface area contributed by atoms with E-state index in [4.69, 9.17) is 0 Å². The third kappa shape index (κ3) is 16.3. The van der Waals surface area contributed by atoms with Crippen molar-refractivity contribution >= 4 is 5.70 Å². The van der Waals surface area contributed by atoms with Gasteiger partial charge < -0.3 is 10.6 Å². The molecular formula is C37H57N2+. The van der Waals surface area contributed by atoms with Crippen molar-refractivity contribution in [2.45, 2.75) is 123 Å². The number of benzene rings is 2. The zero-order valence-electron chi connectivity index (χ0n) is 25.2. The Kier molecular flexibility index (Phi) is 19.7. The summed E-state index contributed by atoms with van der Waals surface area (Å²) in [6, 6.07) is 21.6. The van der Waals surface area contributed by atoms with Crippen molar-refractivity contribution in [2.75, 3.05) is 13.1 Å². The molecule has 0 radical (unpaired) electrons. The molecule has 0 saturated heterocycles. The van der Waals surface area contributed by atoms with E-state index in [0.717, 1.165) is 18.8 Å². The first-order valence-corrected chi connectivity index (χ1v) is 16.2. The lowest BCUT2D eigenvalue weighted by Gasteiger charge is -2.13. The molecule has 0 aliphatic heterocycles. The van der Waals surface area contributed by atoms with E-state index in [1.165, 1.54) is 114 Å². The van der Waals surface area contributed by atoms with Gasteiger partial charge in [-0.1, -0.05) is 152 Å². The molecule has 2 aromatic carbocycles. The average Bonchev–Trinajstić information content (AvgIpc) is 2.98. The van der Waals surface area contributed by atoms with Crippen LogP contribution < -0.4 is 10.6 Å². The van der Waals surface area contributed by atoms with Crippen molar-refractivity contribution in [3.63, 3.8) is 0 Å². The molecule has 0 bridgehead atoms. The van der Waals surface area contributed by atoms with Crippen LogP contribution in [0.4, 0.5) is 0 Å². The maximum Gasteiger partial charge on any atom is 0.185 e. The van der Waals surface area contributed by atoms with E-state index in [9.17, 15) is 0 Å². The highest BCUT2D eigenvalue weighted by Crippen LogP contribution is 2.17. The molecule has 39 heavy (non-hydrogen) atoms.